The van der Waals surface area contributed by atoms with Crippen LogP contribution in [0.1, 0.15) is 16.1 Å². The zero-order valence-corrected chi connectivity index (χ0v) is 15.3. The molecule has 2 N–H and O–H groups in total. The monoisotopic (exact) mass is 386 g/mol. The SMILES string of the molecule is COc1cc(Cl)c(C)cc1NC(=O)c1cnc(Nc2ccccc2F)cn1. The van der Waals surface area contributed by atoms with E-state index < -0.39 is 11.7 Å². The van der Waals surface area contributed by atoms with Crippen molar-refractivity contribution in [3.63, 3.8) is 0 Å². The van der Waals surface area contributed by atoms with E-state index in [4.69, 9.17) is 16.3 Å². The molecule has 8 heteroatoms. The van der Waals surface area contributed by atoms with E-state index in [0.29, 0.717) is 22.3 Å². The van der Waals surface area contributed by atoms with Crippen LogP contribution in [0.4, 0.5) is 21.6 Å². The van der Waals surface area contributed by atoms with E-state index in [1.54, 1.807) is 30.3 Å². The summed E-state index contributed by atoms with van der Waals surface area (Å²) in [4.78, 5) is 20.6. The molecule has 0 aliphatic carbocycles. The summed E-state index contributed by atoms with van der Waals surface area (Å²) in [7, 11) is 1.49. The van der Waals surface area contributed by atoms with Crippen molar-refractivity contribution >= 4 is 34.7 Å². The third-order valence-electron chi connectivity index (χ3n) is 3.75. The van der Waals surface area contributed by atoms with Gasteiger partial charge in [0.2, 0.25) is 0 Å². The average Bonchev–Trinajstić information content (AvgIpc) is 2.67. The molecule has 3 aromatic rings. The number of benzene rings is 2. The van der Waals surface area contributed by atoms with Crippen LogP contribution in [0.5, 0.6) is 5.75 Å². The van der Waals surface area contributed by atoms with Gasteiger partial charge in [0, 0.05) is 11.1 Å². The summed E-state index contributed by atoms with van der Waals surface area (Å²) in [6.45, 7) is 1.82. The molecule has 3 rings (SSSR count). The summed E-state index contributed by atoms with van der Waals surface area (Å²) >= 11 is 6.06. The first-order valence-electron chi connectivity index (χ1n) is 7.97. The number of anilines is 3. The summed E-state index contributed by atoms with van der Waals surface area (Å²) in [5.74, 6) is -0.118. The Hall–Kier alpha value is -3.19. The van der Waals surface area contributed by atoms with Crippen LogP contribution < -0.4 is 15.4 Å². The Kier molecular flexibility index (Phi) is 5.52. The Labute approximate surface area is 160 Å². The number of carbonyl (C=O) groups is 1. The van der Waals surface area contributed by atoms with E-state index in [0.717, 1.165) is 5.56 Å². The predicted molar refractivity (Wildman–Crippen MR) is 102 cm³/mol. The molecule has 0 aliphatic heterocycles. The molecule has 27 heavy (non-hydrogen) atoms. The number of hydrogen-bond acceptors (Lipinski definition) is 5. The Bertz CT molecular complexity index is 980. The fourth-order valence-electron chi connectivity index (χ4n) is 2.33. The molecular formula is C19H16ClFN4O2. The minimum absolute atomic E-state index is 0.101. The maximum atomic E-state index is 13.7. The number of hydrogen-bond donors (Lipinski definition) is 2. The van der Waals surface area contributed by atoms with Crippen molar-refractivity contribution in [3.05, 3.63) is 70.9 Å². The first-order valence-corrected chi connectivity index (χ1v) is 8.35. The molecule has 1 amide bonds. The molecule has 0 atom stereocenters. The van der Waals surface area contributed by atoms with Gasteiger partial charge in [-0.05, 0) is 30.7 Å². The Morgan fingerprint density at radius 2 is 1.93 bits per heavy atom. The third kappa shape index (κ3) is 4.32. The van der Waals surface area contributed by atoms with E-state index in [2.05, 4.69) is 20.6 Å². The molecule has 0 aliphatic rings. The number of nitrogens with one attached hydrogen (secondary N) is 2. The topological polar surface area (TPSA) is 76.1 Å². The highest BCUT2D eigenvalue weighted by Crippen LogP contribution is 2.31. The van der Waals surface area contributed by atoms with Crippen LogP contribution in [0.25, 0.3) is 0 Å². The van der Waals surface area contributed by atoms with Gasteiger partial charge in [0.15, 0.2) is 0 Å². The first-order chi connectivity index (χ1) is 13.0. The number of nitrogens with zero attached hydrogens (tertiary/aromatic N) is 2. The Morgan fingerprint density at radius 1 is 1.15 bits per heavy atom. The smallest absolute Gasteiger partial charge is 0.275 e. The number of aromatic nitrogens is 2. The second-order valence-corrected chi connectivity index (χ2v) is 6.05. The maximum absolute atomic E-state index is 13.7. The molecule has 2 aromatic carbocycles. The summed E-state index contributed by atoms with van der Waals surface area (Å²) in [6, 6.07) is 9.53. The zero-order chi connectivity index (χ0) is 19.4. The van der Waals surface area contributed by atoms with E-state index >= 15 is 0 Å². The first kappa shape index (κ1) is 18.6. The van der Waals surface area contributed by atoms with Crippen LogP contribution in [0, 0.1) is 12.7 Å². The minimum atomic E-state index is -0.458. The fraction of sp³-hybridized carbons (Fsp3) is 0.105. The number of carbonyl (C=O) groups excluding carboxylic acids is 1. The van der Waals surface area contributed by atoms with Crippen molar-refractivity contribution in [2.24, 2.45) is 0 Å². The molecular weight excluding hydrogens is 371 g/mol. The van der Waals surface area contributed by atoms with Crippen LogP contribution >= 0.6 is 11.6 Å². The molecule has 138 valence electrons. The summed E-state index contributed by atoms with van der Waals surface area (Å²) < 4.78 is 18.9. The molecule has 0 spiro atoms. The molecule has 0 saturated heterocycles. The number of rotatable bonds is 5. The van der Waals surface area contributed by atoms with Gasteiger partial charge in [0.25, 0.3) is 5.91 Å². The lowest BCUT2D eigenvalue weighted by Gasteiger charge is -2.12. The number of para-hydroxylation sites is 1. The van der Waals surface area contributed by atoms with E-state index in [-0.39, 0.29) is 11.4 Å². The molecule has 1 aromatic heterocycles. The summed E-state index contributed by atoms with van der Waals surface area (Å²) in [5, 5.41) is 6.06. The van der Waals surface area contributed by atoms with Crippen molar-refractivity contribution < 1.29 is 13.9 Å². The van der Waals surface area contributed by atoms with Crippen LogP contribution in [-0.4, -0.2) is 23.0 Å². The van der Waals surface area contributed by atoms with Gasteiger partial charge in [0.1, 0.15) is 23.1 Å². The van der Waals surface area contributed by atoms with E-state index in [1.165, 1.54) is 25.6 Å². The van der Waals surface area contributed by atoms with Gasteiger partial charge in [-0.15, -0.1) is 0 Å². The number of halogens is 2. The second kappa shape index (κ2) is 8.01. The molecule has 0 fully saturated rings. The van der Waals surface area contributed by atoms with Crippen molar-refractivity contribution in [1.82, 2.24) is 9.97 Å². The lowest BCUT2D eigenvalue weighted by molar-refractivity contribution is 0.102. The minimum Gasteiger partial charge on any atom is -0.495 e. The third-order valence-corrected chi connectivity index (χ3v) is 4.16. The predicted octanol–water partition coefficient (Wildman–Crippen LogP) is 4.58. The van der Waals surface area contributed by atoms with Gasteiger partial charge < -0.3 is 15.4 Å². The van der Waals surface area contributed by atoms with Gasteiger partial charge in [-0.3, -0.25) is 4.79 Å². The van der Waals surface area contributed by atoms with Crippen molar-refractivity contribution in [2.45, 2.75) is 6.92 Å². The van der Waals surface area contributed by atoms with Crippen LogP contribution in [0.2, 0.25) is 5.02 Å². The van der Waals surface area contributed by atoms with Gasteiger partial charge in [0.05, 0.1) is 30.9 Å². The van der Waals surface area contributed by atoms with Gasteiger partial charge in [-0.1, -0.05) is 23.7 Å². The Morgan fingerprint density at radius 3 is 2.59 bits per heavy atom. The van der Waals surface area contributed by atoms with E-state index in [1.807, 2.05) is 6.92 Å². The summed E-state index contributed by atoms with van der Waals surface area (Å²) in [5.41, 5.74) is 1.64. The van der Waals surface area contributed by atoms with Crippen LogP contribution in [0.15, 0.2) is 48.8 Å². The van der Waals surface area contributed by atoms with Gasteiger partial charge >= 0.3 is 0 Å². The van der Waals surface area contributed by atoms with Crippen molar-refractivity contribution in [1.29, 1.82) is 0 Å². The lowest BCUT2D eigenvalue weighted by Crippen LogP contribution is -2.15. The zero-order valence-electron chi connectivity index (χ0n) is 14.6. The summed E-state index contributed by atoms with van der Waals surface area (Å²) in [6.07, 6.45) is 2.65. The quantitative estimate of drug-likeness (QED) is 0.671. The normalized spacial score (nSPS) is 10.4. The molecule has 1 heterocycles. The molecule has 0 unspecified atom stereocenters. The van der Waals surface area contributed by atoms with Crippen LogP contribution in [-0.2, 0) is 0 Å². The fourth-order valence-corrected chi connectivity index (χ4v) is 2.48. The molecule has 0 radical (unpaired) electrons. The van der Waals surface area contributed by atoms with Crippen molar-refractivity contribution in [3.8, 4) is 5.75 Å². The highest BCUT2D eigenvalue weighted by atomic mass is 35.5. The highest BCUT2D eigenvalue weighted by molar-refractivity contribution is 6.31. The molecule has 0 bridgehead atoms. The second-order valence-electron chi connectivity index (χ2n) is 5.65. The number of amides is 1. The number of methoxy groups -OCH3 is 1. The van der Waals surface area contributed by atoms with Crippen LogP contribution in [0.3, 0.4) is 0 Å². The standard InChI is InChI=1S/C19H16ClFN4O2/c1-11-7-15(17(27-2)8-12(11)20)25-19(26)16-9-23-18(10-22-16)24-14-6-4-3-5-13(14)21/h3-10H,1-2H3,(H,23,24)(H,25,26). The maximum Gasteiger partial charge on any atom is 0.275 e. The largest absolute Gasteiger partial charge is 0.495 e. The van der Waals surface area contributed by atoms with E-state index in [9.17, 15) is 9.18 Å². The molecule has 0 saturated carbocycles. The van der Waals surface area contributed by atoms with Gasteiger partial charge in [-0.25, -0.2) is 14.4 Å². The number of aryl methyl sites for hydroxylation is 1. The van der Waals surface area contributed by atoms with Crippen molar-refractivity contribution in [2.75, 3.05) is 17.7 Å². The highest BCUT2D eigenvalue weighted by Gasteiger charge is 2.13. The molecule has 6 nitrogen and oxygen atoms in total. The Balaban J connectivity index is 1.75. The average molecular weight is 387 g/mol. The lowest BCUT2D eigenvalue weighted by atomic mass is 10.2. The van der Waals surface area contributed by atoms with Gasteiger partial charge in [-0.2, -0.15) is 0 Å². The number of ether oxygens (including phenoxy) is 1.